The molecular weight excluding hydrogens is 326 g/mol. The van der Waals surface area contributed by atoms with Crippen molar-refractivity contribution in [2.24, 2.45) is 0 Å². The summed E-state index contributed by atoms with van der Waals surface area (Å²) in [7, 11) is 0. The van der Waals surface area contributed by atoms with E-state index in [2.05, 4.69) is 45.3 Å². The van der Waals surface area contributed by atoms with Gasteiger partial charge in [0.25, 0.3) is 0 Å². The Labute approximate surface area is 132 Å². The highest BCUT2D eigenvalue weighted by Gasteiger charge is 2.09. The number of nitrogens with two attached hydrogens (primary N) is 1. The lowest BCUT2D eigenvalue weighted by Gasteiger charge is -2.17. The first kappa shape index (κ1) is 13.9. The number of nitrogens with one attached hydrogen (secondary N) is 1. The van der Waals surface area contributed by atoms with E-state index in [-0.39, 0.29) is 6.04 Å². The van der Waals surface area contributed by atoms with Gasteiger partial charge in [0.05, 0.1) is 11.2 Å². The Kier molecular flexibility index (Phi) is 3.80. The van der Waals surface area contributed by atoms with Crippen LogP contribution in [0.25, 0.3) is 10.9 Å². The fraction of sp³-hybridized carbons (Fsp3) is 0.118. The van der Waals surface area contributed by atoms with Gasteiger partial charge in [-0.05, 0) is 48.9 Å². The lowest BCUT2D eigenvalue weighted by molar-refractivity contribution is 0.886. The molecule has 2 aromatic carbocycles. The van der Waals surface area contributed by atoms with Gasteiger partial charge in [-0.1, -0.05) is 28.1 Å². The summed E-state index contributed by atoms with van der Waals surface area (Å²) in [6.07, 6.45) is 1.79. The smallest absolute Gasteiger partial charge is 0.0954 e. The molecule has 0 radical (unpaired) electrons. The van der Waals surface area contributed by atoms with Crippen molar-refractivity contribution in [1.29, 1.82) is 0 Å². The maximum Gasteiger partial charge on any atom is 0.0954 e. The van der Waals surface area contributed by atoms with Crippen molar-refractivity contribution in [3.63, 3.8) is 0 Å². The molecule has 0 saturated carbocycles. The number of hydrogen-bond donors (Lipinski definition) is 2. The van der Waals surface area contributed by atoms with Crippen LogP contribution in [-0.4, -0.2) is 4.98 Å². The fourth-order valence-corrected chi connectivity index (χ4v) is 2.64. The molecule has 0 aliphatic rings. The van der Waals surface area contributed by atoms with E-state index in [1.54, 1.807) is 6.20 Å². The second kappa shape index (κ2) is 5.74. The van der Waals surface area contributed by atoms with E-state index >= 15 is 0 Å². The molecule has 1 heterocycles. The third-order valence-corrected chi connectivity index (χ3v) is 4.07. The summed E-state index contributed by atoms with van der Waals surface area (Å²) in [5.74, 6) is 0. The minimum Gasteiger partial charge on any atom is -0.398 e. The Morgan fingerprint density at radius 1 is 1.10 bits per heavy atom. The maximum absolute atomic E-state index is 6.01. The topological polar surface area (TPSA) is 50.9 Å². The number of nitrogens with zero attached hydrogens (tertiary/aromatic N) is 1. The van der Waals surface area contributed by atoms with Crippen molar-refractivity contribution < 1.29 is 0 Å². The second-order valence-electron chi connectivity index (χ2n) is 5.02. The van der Waals surface area contributed by atoms with E-state index in [0.717, 1.165) is 26.8 Å². The third-order valence-electron chi connectivity index (χ3n) is 3.55. The Morgan fingerprint density at radius 3 is 2.62 bits per heavy atom. The van der Waals surface area contributed by atoms with Gasteiger partial charge < -0.3 is 11.1 Å². The molecular formula is C17H16BrN3. The molecule has 4 heteroatoms. The predicted molar refractivity (Wildman–Crippen MR) is 92.3 cm³/mol. The zero-order valence-electron chi connectivity index (χ0n) is 11.7. The van der Waals surface area contributed by atoms with Crippen LogP contribution >= 0.6 is 15.9 Å². The summed E-state index contributed by atoms with van der Waals surface area (Å²) in [6, 6.07) is 16.3. The molecule has 1 aromatic heterocycles. The molecule has 3 aromatic rings. The van der Waals surface area contributed by atoms with Crippen LogP contribution in [0.3, 0.4) is 0 Å². The highest BCUT2D eigenvalue weighted by Crippen LogP contribution is 2.29. The van der Waals surface area contributed by atoms with E-state index in [1.807, 2.05) is 36.4 Å². The Bertz CT molecular complexity index is 769. The fourth-order valence-electron chi connectivity index (χ4n) is 2.38. The molecule has 3 rings (SSSR count). The van der Waals surface area contributed by atoms with Gasteiger partial charge in [-0.3, -0.25) is 4.98 Å². The summed E-state index contributed by atoms with van der Waals surface area (Å²) in [5.41, 5.74) is 9.88. The van der Waals surface area contributed by atoms with E-state index in [1.165, 1.54) is 5.56 Å². The van der Waals surface area contributed by atoms with Crippen molar-refractivity contribution in [3.8, 4) is 0 Å². The monoisotopic (exact) mass is 341 g/mol. The van der Waals surface area contributed by atoms with Crippen molar-refractivity contribution in [3.05, 3.63) is 64.8 Å². The SMILES string of the molecule is CC(Nc1ccc(N)c2cccnc12)c1ccc(Br)cc1. The molecule has 0 aliphatic carbocycles. The van der Waals surface area contributed by atoms with E-state index in [9.17, 15) is 0 Å². The number of aromatic nitrogens is 1. The van der Waals surface area contributed by atoms with E-state index in [0.29, 0.717) is 0 Å². The van der Waals surface area contributed by atoms with Crippen LogP contribution in [-0.2, 0) is 0 Å². The van der Waals surface area contributed by atoms with Gasteiger partial charge in [0, 0.05) is 27.8 Å². The molecule has 0 bridgehead atoms. The van der Waals surface area contributed by atoms with Crippen molar-refractivity contribution >= 4 is 38.2 Å². The Hall–Kier alpha value is -2.07. The molecule has 0 fully saturated rings. The number of nitrogen functional groups attached to an aromatic ring is 1. The minimum absolute atomic E-state index is 0.187. The quantitative estimate of drug-likeness (QED) is 0.675. The molecule has 3 nitrogen and oxygen atoms in total. The van der Waals surface area contributed by atoms with Crippen LogP contribution in [0.5, 0.6) is 0 Å². The van der Waals surface area contributed by atoms with Crippen LogP contribution in [0.15, 0.2) is 59.2 Å². The number of anilines is 2. The average Bonchev–Trinajstić information content (AvgIpc) is 2.51. The number of pyridine rings is 1. The summed E-state index contributed by atoms with van der Waals surface area (Å²) in [6.45, 7) is 2.13. The lowest BCUT2D eigenvalue weighted by atomic mass is 10.1. The number of hydrogen-bond acceptors (Lipinski definition) is 3. The van der Waals surface area contributed by atoms with Gasteiger partial charge >= 0.3 is 0 Å². The Morgan fingerprint density at radius 2 is 1.86 bits per heavy atom. The minimum atomic E-state index is 0.187. The van der Waals surface area contributed by atoms with E-state index in [4.69, 9.17) is 5.73 Å². The average molecular weight is 342 g/mol. The van der Waals surface area contributed by atoms with Gasteiger partial charge in [-0.15, -0.1) is 0 Å². The van der Waals surface area contributed by atoms with Crippen molar-refractivity contribution in [2.75, 3.05) is 11.1 Å². The zero-order valence-corrected chi connectivity index (χ0v) is 13.3. The van der Waals surface area contributed by atoms with Crippen LogP contribution in [0.4, 0.5) is 11.4 Å². The predicted octanol–water partition coefficient (Wildman–Crippen LogP) is 4.75. The lowest BCUT2D eigenvalue weighted by Crippen LogP contribution is -2.07. The standard InChI is InChI=1S/C17H16BrN3/c1-11(12-4-6-13(18)7-5-12)21-16-9-8-15(19)14-3-2-10-20-17(14)16/h2-11,21H,19H2,1H3. The molecule has 1 atom stereocenters. The third kappa shape index (κ3) is 2.85. The summed E-state index contributed by atoms with van der Waals surface area (Å²) >= 11 is 3.46. The van der Waals surface area contributed by atoms with Crippen molar-refractivity contribution in [2.45, 2.75) is 13.0 Å². The normalized spacial score (nSPS) is 12.3. The largest absolute Gasteiger partial charge is 0.398 e. The van der Waals surface area contributed by atoms with Gasteiger partial charge in [0.15, 0.2) is 0 Å². The van der Waals surface area contributed by atoms with Crippen LogP contribution in [0.1, 0.15) is 18.5 Å². The van der Waals surface area contributed by atoms with Gasteiger partial charge in [0.1, 0.15) is 0 Å². The zero-order chi connectivity index (χ0) is 14.8. The molecule has 3 N–H and O–H groups in total. The van der Waals surface area contributed by atoms with Crippen molar-refractivity contribution in [1.82, 2.24) is 4.98 Å². The molecule has 21 heavy (non-hydrogen) atoms. The molecule has 1 unspecified atom stereocenters. The molecule has 0 amide bonds. The van der Waals surface area contributed by atoms with Crippen LogP contribution < -0.4 is 11.1 Å². The highest BCUT2D eigenvalue weighted by molar-refractivity contribution is 9.10. The number of halogens is 1. The maximum atomic E-state index is 6.01. The van der Waals surface area contributed by atoms with E-state index < -0.39 is 0 Å². The first-order valence-corrected chi connectivity index (χ1v) is 7.59. The van der Waals surface area contributed by atoms with Gasteiger partial charge in [-0.2, -0.15) is 0 Å². The Balaban J connectivity index is 1.95. The summed E-state index contributed by atoms with van der Waals surface area (Å²) < 4.78 is 1.08. The molecule has 0 spiro atoms. The molecule has 0 aliphatic heterocycles. The summed E-state index contributed by atoms with van der Waals surface area (Å²) in [5, 5.41) is 4.49. The number of benzene rings is 2. The van der Waals surface area contributed by atoms with Gasteiger partial charge in [0.2, 0.25) is 0 Å². The number of fused-ring (bicyclic) bond motifs is 1. The van der Waals surface area contributed by atoms with Crippen LogP contribution in [0, 0.1) is 0 Å². The molecule has 0 saturated heterocycles. The first-order chi connectivity index (χ1) is 10.1. The number of rotatable bonds is 3. The summed E-state index contributed by atoms with van der Waals surface area (Å²) in [4.78, 5) is 4.45. The highest BCUT2D eigenvalue weighted by atomic mass is 79.9. The molecule has 106 valence electrons. The second-order valence-corrected chi connectivity index (χ2v) is 5.94. The van der Waals surface area contributed by atoms with Crippen LogP contribution in [0.2, 0.25) is 0 Å². The first-order valence-electron chi connectivity index (χ1n) is 6.80. The van der Waals surface area contributed by atoms with Gasteiger partial charge in [-0.25, -0.2) is 0 Å².